The Labute approximate surface area is 122 Å². The molecular formula is C14H17N5O2. The minimum absolute atomic E-state index is 0.212. The fraction of sp³-hybridized carbons (Fsp3) is 0.357. The highest BCUT2D eigenvalue weighted by Gasteiger charge is 2.11. The maximum atomic E-state index is 5.03. The van der Waals surface area contributed by atoms with Gasteiger partial charge in [0.1, 0.15) is 0 Å². The van der Waals surface area contributed by atoms with Crippen molar-refractivity contribution in [3.05, 3.63) is 23.8 Å². The predicted octanol–water partition coefficient (Wildman–Crippen LogP) is 1.99. The van der Waals surface area contributed by atoms with Gasteiger partial charge in [-0.25, -0.2) is 0 Å². The van der Waals surface area contributed by atoms with Crippen molar-refractivity contribution in [2.24, 2.45) is 0 Å². The van der Waals surface area contributed by atoms with Gasteiger partial charge in [-0.2, -0.15) is 9.97 Å². The molecule has 21 heavy (non-hydrogen) atoms. The largest absolute Gasteiger partial charge is 0.467 e. The van der Waals surface area contributed by atoms with Gasteiger partial charge in [0.05, 0.1) is 14.2 Å². The van der Waals surface area contributed by atoms with Crippen molar-refractivity contribution in [3.8, 4) is 12.0 Å². The van der Waals surface area contributed by atoms with Gasteiger partial charge in [-0.1, -0.05) is 0 Å². The molecule has 1 aliphatic rings. The zero-order valence-electron chi connectivity index (χ0n) is 12.0. The molecule has 7 heteroatoms. The molecule has 110 valence electrons. The molecule has 2 N–H and O–H groups in total. The number of anilines is 3. The second-order valence-corrected chi connectivity index (χ2v) is 4.66. The summed E-state index contributed by atoms with van der Waals surface area (Å²) in [7, 11) is 3.01. The van der Waals surface area contributed by atoms with Gasteiger partial charge in [0, 0.05) is 17.9 Å². The van der Waals surface area contributed by atoms with E-state index in [2.05, 4.69) is 37.7 Å². The summed E-state index contributed by atoms with van der Waals surface area (Å²) in [5.74, 6) is 0.391. The smallest absolute Gasteiger partial charge is 0.324 e. The first-order chi connectivity index (χ1) is 10.3. The first-order valence-corrected chi connectivity index (χ1v) is 6.76. The summed E-state index contributed by atoms with van der Waals surface area (Å²) in [5.41, 5.74) is 3.41. The number of nitrogens with zero attached hydrogens (tertiary/aromatic N) is 3. The van der Waals surface area contributed by atoms with E-state index in [9.17, 15) is 0 Å². The Morgan fingerprint density at radius 2 is 1.86 bits per heavy atom. The number of hydrogen-bond acceptors (Lipinski definition) is 7. The van der Waals surface area contributed by atoms with Crippen LogP contribution in [0.15, 0.2) is 18.2 Å². The third-order valence-electron chi connectivity index (χ3n) is 3.26. The predicted molar refractivity (Wildman–Crippen MR) is 79.5 cm³/mol. The fourth-order valence-electron chi connectivity index (χ4n) is 2.26. The van der Waals surface area contributed by atoms with E-state index in [1.54, 1.807) is 0 Å². The molecule has 0 spiro atoms. The maximum Gasteiger partial charge on any atom is 0.324 e. The molecule has 0 amide bonds. The number of hydrogen-bond donors (Lipinski definition) is 2. The molecule has 2 aromatic rings. The van der Waals surface area contributed by atoms with Crippen molar-refractivity contribution in [1.29, 1.82) is 0 Å². The van der Waals surface area contributed by atoms with Gasteiger partial charge < -0.3 is 20.1 Å². The van der Waals surface area contributed by atoms with Crippen LogP contribution in [0.2, 0.25) is 0 Å². The van der Waals surface area contributed by atoms with Crippen LogP contribution in [-0.4, -0.2) is 35.7 Å². The number of ether oxygens (including phenoxy) is 2. The lowest BCUT2D eigenvalue weighted by Crippen LogP contribution is -2.11. The van der Waals surface area contributed by atoms with Crippen LogP contribution < -0.4 is 20.1 Å². The highest BCUT2D eigenvalue weighted by Crippen LogP contribution is 2.26. The third-order valence-corrected chi connectivity index (χ3v) is 3.26. The third kappa shape index (κ3) is 2.96. The molecule has 0 radical (unpaired) electrons. The molecule has 2 heterocycles. The zero-order chi connectivity index (χ0) is 14.7. The second-order valence-electron chi connectivity index (χ2n) is 4.66. The van der Waals surface area contributed by atoms with E-state index in [0.717, 1.165) is 25.1 Å². The van der Waals surface area contributed by atoms with Gasteiger partial charge in [0.25, 0.3) is 0 Å². The number of nitrogens with one attached hydrogen (secondary N) is 2. The molecule has 0 aliphatic carbocycles. The summed E-state index contributed by atoms with van der Waals surface area (Å²) in [4.78, 5) is 12.3. The number of benzene rings is 1. The quantitative estimate of drug-likeness (QED) is 0.890. The van der Waals surface area contributed by atoms with Crippen LogP contribution in [0, 0.1) is 0 Å². The number of rotatable bonds is 4. The van der Waals surface area contributed by atoms with E-state index < -0.39 is 0 Å². The Balaban J connectivity index is 1.86. The summed E-state index contributed by atoms with van der Waals surface area (Å²) in [6.45, 7) is 1.03. The van der Waals surface area contributed by atoms with Gasteiger partial charge in [0.2, 0.25) is 5.95 Å². The van der Waals surface area contributed by atoms with Crippen LogP contribution in [-0.2, 0) is 6.42 Å². The van der Waals surface area contributed by atoms with Gasteiger partial charge in [-0.15, -0.1) is 4.98 Å². The summed E-state index contributed by atoms with van der Waals surface area (Å²) in [6.07, 6.45) is 2.21. The minimum Gasteiger partial charge on any atom is -0.467 e. The van der Waals surface area contributed by atoms with Crippen molar-refractivity contribution >= 4 is 17.3 Å². The van der Waals surface area contributed by atoms with E-state index >= 15 is 0 Å². The number of aromatic nitrogens is 3. The van der Waals surface area contributed by atoms with Gasteiger partial charge in [-0.05, 0) is 36.6 Å². The molecule has 0 saturated carbocycles. The van der Waals surface area contributed by atoms with Gasteiger partial charge in [-0.3, -0.25) is 0 Å². The van der Waals surface area contributed by atoms with Crippen molar-refractivity contribution in [2.75, 3.05) is 31.4 Å². The SMILES string of the molecule is COc1nc(Nc2ccc3c(c2)CCCN3)nc(OC)n1. The van der Waals surface area contributed by atoms with Crippen molar-refractivity contribution in [1.82, 2.24) is 15.0 Å². The highest BCUT2D eigenvalue weighted by molar-refractivity contribution is 5.63. The van der Waals surface area contributed by atoms with E-state index in [1.807, 2.05) is 6.07 Å². The maximum absolute atomic E-state index is 5.03. The average molecular weight is 287 g/mol. The Morgan fingerprint density at radius 1 is 1.10 bits per heavy atom. The van der Waals surface area contributed by atoms with E-state index in [0.29, 0.717) is 5.95 Å². The average Bonchev–Trinajstić information content (AvgIpc) is 2.54. The topological polar surface area (TPSA) is 81.2 Å². The van der Waals surface area contributed by atoms with Crippen LogP contribution >= 0.6 is 0 Å². The van der Waals surface area contributed by atoms with E-state index in [1.165, 1.54) is 25.5 Å². The Morgan fingerprint density at radius 3 is 2.57 bits per heavy atom. The molecule has 0 fully saturated rings. The molecule has 1 aromatic heterocycles. The number of aryl methyl sites for hydroxylation is 1. The summed E-state index contributed by atoms with van der Waals surface area (Å²) in [6, 6.07) is 6.57. The first-order valence-electron chi connectivity index (χ1n) is 6.76. The molecule has 0 atom stereocenters. The van der Waals surface area contributed by atoms with Crippen LogP contribution in [0.4, 0.5) is 17.3 Å². The lowest BCUT2D eigenvalue weighted by molar-refractivity contribution is 0.341. The molecule has 0 bridgehead atoms. The second kappa shape index (κ2) is 5.82. The van der Waals surface area contributed by atoms with Crippen molar-refractivity contribution < 1.29 is 9.47 Å². The van der Waals surface area contributed by atoms with E-state index in [4.69, 9.17) is 9.47 Å². The lowest BCUT2D eigenvalue weighted by Gasteiger charge is -2.18. The minimum atomic E-state index is 0.212. The molecule has 0 saturated heterocycles. The normalized spacial score (nSPS) is 13.0. The number of fused-ring (bicyclic) bond motifs is 1. The number of methoxy groups -OCH3 is 2. The first kappa shape index (κ1) is 13.4. The molecule has 7 nitrogen and oxygen atoms in total. The molecule has 3 rings (SSSR count). The summed E-state index contributed by atoms with van der Waals surface area (Å²) < 4.78 is 10.1. The van der Waals surface area contributed by atoms with Gasteiger partial charge >= 0.3 is 12.0 Å². The van der Waals surface area contributed by atoms with Crippen molar-refractivity contribution in [3.63, 3.8) is 0 Å². The molecule has 1 aliphatic heterocycles. The van der Waals surface area contributed by atoms with Crippen LogP contribution in [0.3, 0.4) is 0 Å². The molecular weight excluding hydrogens is 270 g/mol. The summed E-state index contributed by atoms with van der Waals surface area (Å²) in [5, 5.41) is 6.53. The van der Waals surface area contributed by atoms with Crippen LogP contribution in [0.25, 0.3) is 0 Å². The lowest BCUT2D eigenvalue weighted by atomic mass is 10.0. The zero-order valence-corrected chi connectivity index (χ0v) is 12.0. The molecule has 0 unspecified atom stereocenters. The molecule has 1 aromatic carbocycles. The van der Waals surface area contributed by atoms with Gasteiger partial charge in [0.15, 0.2) is 0 Å². The fourth-order valence-corrected chi connectivity index (χ4v) is 2.26. The van der Waals surface area contributed by atoms with Crippen molar-refractivity contribution in [2.45, 2.75) is 12.8 Å². The highest BCUT2D eigenvalue weighted by atomic mass is 16.5. The monoisotopic (exact) mass is 287 g/mol. The summed E-state index contributed by atoms with van der Waals surface area (Å²) >= 11 is 0. The Hall–Kier alpha value is -2.57. The standard InChI is InChI=1S/C14H17N5O2/c1-20-13-17-12(18-14(19-13)21-2)16-10-5-6-11-9(8-10)4-3-7-15-11/h5-6,8,15H,3-4,7H2,1-2H3,(H,16,17,18,19). The van der Waals surface area contributed by atoms with Crippen LogP contribution in [0.5, 0.6) is 12.0 Å². The van der Waals surface area contributed by atoms with E-state index in [-0.39, 0.29) is 12.0 Å². The van der Waals surface area contributed by atoms with Crippen LogP contribution in [0.1, 0.15) is 12.0 Å². The Bertz CT molecular complexity index is 625. The Kier molecular flexibility index (Phi) is 3.72.